The summed E-state index contributed by atoms with van der Waals surface area (Å²) in [6.45, 7) is 0.109. The first-order valence-electron chi connectivity index (χ1n) is 8.37. The van der Waals surface area contributed by atoms with E-state index in [9.17, 15) is 9.18 Å². The second-order valence-corrected chi connectivity index (χ2v) is 6.31. The Kier molecular flexibility index (Phi) is 5.56. The summed E-state index contributed by atoms with van der Waals surface area (Å²) >= 11 is 0. The molecule has 2 aromatic heterocycles. The molecule has 0 spiro atoms. The number of carbonyl (C=O) groups is 1. The van der Waals surface area contributed by atoms with Gasteiger partial charge in [0.2, 0.25) is 17.6 Å². The lowest BCUT2D eigenvalue weighted by molar-refractivity contribution is -0.136. The fourth-order valence-electron chi connectivity index (χ4n) is 2.74. The molecule has 3 aromatic rings. The van der Waals surface area contributed by atoms with E-state index in [1.54, 1.807) is 62.6 Å². The molecule has 1 unspecified atom stereocenters. The SMILES string of the molecule is CN(Cc1nc(-c2ccccn2)no1)C(=O)C(c1ccccc1F)N(C)C. The van der Waals surface area contributed by atoms with Gasteiger partial charge in [-0.3, -0.25) is 14.7 Å². The van der Waals surface area contributed by atoms with Crippen molar-refractivity contribution in [2.75, 3.05) is 21.1 Å². The third kappa shape index (κ3) is 4.17. The van der Waals surface area contributed by atoms with Crippen molar-refractivity contribution in [3.05, 3.63) is 65.9 Å². The van der Waals surface area contributed by atoms with Crippen molar-refractivity contribution in [1.82, 2.24) is 24.9 Å². The number of hydrogen-bond donors (Lipinski definition) is 0. The monoisotopic (exact) mass is 369 g/mol. The predicted molar refractivity (Wildman–Crippen MR) is 96.8 cm³/mol. The highest BCUT2D eigenvalue weighted by atomic mass is 19.1. The van der Waals surface area contributed by atoms with E-state index in [-0.39, 0.29) is 18.3 Å². The first kappa shape index (κ1) is 18.7. The maximum absolute atomic E-state index is 14.2. The number of likely N-dealkylation sites (N-methyl/N-ethyl adjacent to an activating group) is 2. The molecule has 0 saturated heterocycles. The third-order valence-corrected chi connectivity index (χ3v) is 4.06. The Morgan fingerprint density at radius 3 is 2.56 bits per heavy atom. The van der Waals surface area contributed by atoms with Crippen LogP contribution in [0.2, 0.25) is 0 Å². The number of hydrogen-bond acceptors (Lipinski definition) is 6. The number of carbonyl (C=O) groups excluding carboxylic acids is 1. The summed E-state index contributed by atoms with van der Waals surface area (Å²) in [7, 11) is 5.08. The first-order valence-corrected chi connectivity index (χ1v) is 8.37. The van der Waals surface area contributed by atoms with Crippen LogP contribution in [0.4, 0.5) is 4.39 Å². The van der Waals surface area contributed by atoms with Crippen LogP contribution in [0.25, 0.3) is 11.5 Å². The molecule has 1 aromatic carbocycles. The Labute approximate surface area is 156 Å². The van der Waals surface area contributed by atoms with Crippen LogP contribution in [0.3, 0.4) is 0 Å². The van der Waals surface area contributed by atoms with Gasteiger partial charge in [0.05, 0.1) is 6.54 Å². The normalized spacial score (nSPS) is 12.2. The van der Waals surface area contributed by atoms with Crippen molar-refractivity contribution in [1.29, 1.82) is 0 Å². The fraction of sp³-hybridized carbons (Fsp3) is 0.263. The molecule has 0 bridgehead atoms. The summed E-state index contributed by atoms with van der Waals surface area (Å²) in [4.78, 5) is 24.5. The topological polar surface area (TPSA) is 75.4 Å². The number of nitrogens with zero attached hydrogens (tertiary/aromatic N) is 5. The van der Waals surface area contributed by atoms with Gasteiger partial charge in [-0.2, -0.15) is 4.98 Å². The van der Waals surface area contributed by atoms with Crippen molar-refractivity contribution < 1.29 is 13.7 Å². The van der Waals surface area contributed by atoms with E-state index >= 15 is 0 Å². The van der Waals surface area contributed by atoms with E-state index in [0.717, 1.165) is 0 Å². The van der Waals surface area contributed by atoms with Crippen LogP contribution in [-0.2, 0) is 11.3 Å². The van der Waals surface area contributed by atoms with E-state index in [1.165, 1.54) is 11.0 Å². The average molecular weight is 369 g/mol. The Morgan fingerprint density at radius 2 is 1.89 bits per heavy atom. The van der Waals surface area contributed by atoms with Gasteiger partial charge in [-0.05, 0) is 32.3 Å². The second kappa shape index (κ2) is 8.05. The Bertz CT molecular complexity index is 913. The maximum atomic E-state index is 14.2. The summed E-state index contributed by atoms with van der Waals surface area (Å²) in [6, 6.07) is 10.9. The second-order valence-electron chi connectivity index (χ2n) is 6.31. The number of aromatic nitrogens is 3. The van der Waals surface area contributed by atoms with Crippen LogP contribution in [0.5, 0.6) is 0 Å². The van der Waals surface area contributed by atoms with Gasteiger partial charge in [0.1, 0.15) is 17.6 Å². The van der Waals surface area contributed by atoms with Gasteiger partial charge in [-0.15, -0.1) is 0 Å². The molecule has 27 heavy (non-hydrogen) atoms. The summed E-state index contributed by atoms with van der Waals surface area (Å²) in [6.07, 6.45) is 1.64. The lowest BCUT2D eigenvalue weighted by atomic mass is 10.0. The Hall–Kier alpha value is -3.13. The predicted octanol–water partition coefficient (Wildman–Crippen LogP) is 2.53. The molecule has 0 radical (unpaired) electrons. The van der Waals surface area contributed by atoms with Gasteiger partial charge in [0, 0.05) is 18.8 Å². The van der Waals surface area contributed by atoms with Crippen LogP contribution in [0.15, 0.2) is 53.2 Å². The van der Waals surface area contributed by atoms with Gasteiger partial charge in [-0.25, -0.2) is 4.39 Å². The summed E-state index contributed by atoms with van der Waals surface area (Å²) in [5.74, 6) is -0.0712. The molecule has 0 saturated carbocycles. The highest BCUT2D eigenvalue weighted by Crippen LogP contribution is 2.24. The van der Waals surface area contributed by atoms with Crippen molar-refractivity contribution >= 4 is 5.91 Å². The summed E-state index contributed by atoms with van der Waals surface area (Å²) in [5, 5.41) is 3.89. The molecular formula is C19H20FN5O2. The van der Waals surface area contributed by atoms with E-state index in [2.05, 4.69) is 15.1 Å². The molecule has 0 fully saturated rings. The van der Waals surface area contributed by atoms with Crippen LogP contribution >= 0.6 is 0 Å². The lowest BCUT2D eigenvalue weighted by Crippen LogP contribution is -2.38. The Balaban J connectivity index is 1.77. The number of rotatable bonds is 6. The van der Waals surface area contributed by atoms with Gasteiger partial charge < -0.3 is 9.42 Å². The lowest BCUT2D eigenvalue weighted by Gasteiger charge is -2.28. The van der Waals surface area contributed by atoms with Gasteiger partial charge in [0.15, 0.2) is 0 Å². The minimum absolute atomic E-state index is 0.109. The molecule has 140 valence electrons. The number of pyridine rings is 1. The molecular weight excluding hydrogens is 349 g/mol. The molecule has 7 nitrogen and oxygen atoms in total. The van der Waals surface area contributed by atoms with E-state index < -0.39 is 11.9 Å². The van der Waals surface area contributed by atoms with Crippen molar-refractivity contribution in [3.8, 4) is 11.5 Å². The standard InChI is InChI=1S/C19H20FN5O2/c1-24(2)17(13-8-4-5-9-14(13)20)19(26)25(3)12-16-22-18(23-27-16)15-10-6-7-11-21-15/h4-11,17H,12H2,1-3H3. The van der Waals surface area contributed by atoms with Gasteiger partial charge in [-0.1, -0.05) is 29.4 Å². The zero-order valence-corrected chi connectivity index (χ0v) is 15.3. The molecule has 0 aliphatic rings. The zero-order chi connectivity index (χ0) is 19.4. The molecule has 0 N–H and O–H groups in total. The Morgan fingerprint density at radius 1 is 1.15 bits per heavy atom. The number of amides is 1. The fourth-order valence-corrected chi connectivity index (χ4v) is 2.74. The molecule has 1 atom stereocenters. The zero-order valence-electron chi connectivity index (χ0n) is 15.3. The summed E-state index contributed by atoms with van der Waals surface area (Å²) in [5.41, 5.74) is 0.901. The van der Waals surface area contributed by atoms with E-state index in [0.29, 0.717) is 17.1 Å². The van der Waals surface area contributed by atoms with E-state index in [1.807, 2.05) is 6.07 Å². The van der Waals surface area contributed by atoms with Gasteiger partial charge >= 0.3 is 0 Å². The van der Waals surface area contributed by atoms with Crippen LogP contribution in [0.1, 0.15) is 17.5 Å². The molecule has 0 aliphatic heterocycles. The minimum Gasteiger partial charge on any atom is -0.337 e. The molecule has 3 rings (SSSR count). The third-order valence-electron chi connectivity index (χ3n) is 4.06. The number of benzene rings is 1. The van der Waals surface area contributed by atoms with Crippen LogP contribution < -0.4 is 0 Å². The quantitative estimate of drug-likeness (QED) is 0.665. The highest BCUT2D eigenvalue weighted by molar-refractivity contribution is 5.83. The molecule has 0 aliphatic carbocycles. The van der Waals surface area contributed by atoms with Crippen molar-refractivity contribution in [3.63, 3.8) is 0 Å². The van der Waals surface area contributed by atoms with Gasteiger partial charge in [0.25, 0.3) is 0 Å². The van der Waals surface area contributed by atoms with E-state index in [4.69, 9.17) is 4.52 Å². The van der Waals surface area contributed by atoms with Crippen molar-refractivity contribution in [2.45, 2.75) is 12.6 Å². The van der Waals surface area contributed by atoms with Crippen molar-refractivity contribution in [2.24, 2.45) is 0 Å². The molecule has 1 amide bonds. The largest absolute Gasteiger partial charge is 0.337 e. The van der Waals surface area contributed by atoms with Crippen LogP contribution in [-0.4, -0.2) is 52.0 Å². The highest BCUT2D eigenvalue weighted by Gasteiger charge is 2.29. The number of halogens is 1. The average Bonchev–Trinajstić information content (AvgIpc) is 3.12. The maximum Gasteiger partial charge on any atom is 0.246 e. The minimum atomic E-state index is -0.755. The molecule has 2 heterocycles. The first-order chi connectivity index (χ1) is 13.0. The van der Waals surface area contributed by atoms with Crippen LogP contribution in [0, 0.1) is 5.82 Å². The molecule has 8 heteroatoms. The summed E-state index contributed by atoms with van der Waals surface area (Å²) < 4.78 is 19.4. The smallest absolute Gasteiger partial charge is 0.246 e.